The lowest BCUT2D eigenvalue weighted by atomic mass is 10.1. The quantitative estimate of drug-likeness (QED) is 0.530. The molecule has 0 bridgehead atoms. The third-order valence-electron chi connectivity index (χ3n) is 3.71. The minimum atomic E-state index is -1.12. The van der Waals surface area contributed by atoms with Crippen molar-refractivity contribution in [2.24, 2.45) is 0 Å². The van der Waals surface area contributed by atoms with E-state index in [0.717, 1.165) is 18.9 Å². The molecule has 1 rings (SSSR count). The summed E-state index contributed by atoms with van der Waals surface area (Å²) >= 11 is 0. The molecule has 0 heterocycles. The molecule has 0 saturated carbocycles. The van der Waals surface area contributed by atoms with E-state index in [2.05, 4.69) is 6.92 Å². The zero-order valence-electron chi connectivity index (χ0n) is 15.0. The average molecular weight is 352 g/mol. The van der Waals surface area contributed by atoms with Gasteiger partial charge in [-0.1, -0.05) is 51.5 Å². The molecule has 0 fully saturated rings. The Bertz CT molecular complexity index is 565. The monoisotopic (exact) mass is 352 g/mol. The van der Waals surface area contributed by atoms with Crippen molar-refractivity contribution in [1.82, 2.24) is 0 Å². The molecule has 0 aliphatic heterocycles. The van der Waals surface area contributed by atoms with E-state index in [1.807, 2.05) is 0 Å². The number of aromatic carboxylic acids is 2. The van der Waals surface area contributed by atoms with Gasteiger partial charge < -0.3 is 15.3 Å². The van der Waals surface area contributed by atoms with E-state index in [1.165, 1.54) is 44.2 Å². The smallest absolute Gasteiger partial charge is 0.335 e. The first-order valence-corrected chi connectivity index (χ1v) is 8.58. The van der Waals surface area contributed by atoms with Crippen LogP contribution in [0.4, 0.5) is 0 Å². The van der Waals surface area contributed by atoms with Crippen LogP contribution < -0.4 is 0 Å². The van der Waals surface area contributed by atoms with Gasteiger partial charge in [-0.25, -0.2) is 9.59 Å². The highest BCUT2D eigenvalue weighted by molar-refractivity contribution is 5.94. The normalized spacial score (nSPS) is 9.84. The second-order valence-corrected chi connectivity index (χ2v) is 5.91. The molecule has 0 aliphatic rings. The highest BCUT2D eigenvalue weighted by Gasteiger charge is 2.10. The number of carbonyl (C=O) groups is 3. The van der Waals surface area contributed by atoms with Crippen molar-refractivity contribution in [3.05, 3.63) is 34.9 Å². The van der Waals surface area contributed by atoms with Gasteiger partial charge in [0.2, 0.25) is 0 Å². The van der Waals surface area contributed by atoms with Gasteiger partial charge in [0, 0.05) is 6.42 Å². The van der Waals surface area contributed by atoms with Crippen molar-refractivity contribution in [3.8, 4) is 0 Å². The van der Waals surface area contributed by atoms with Crippen LogP contribution in [0.3, 0.4) is 0 Å². The zero-order valence-corrected chi connectivity index (χ0v) is 15.0. The number of benzene rings is 1. The van der Waals surface area contributed by atoms with Crippen LogP contribution in [0, 0.1) is 6.92 Å². The van der Waals surface area contributed by atoms with E-state index in [9.17, 15) is 14.4 Å². The molecule has 1 aromatic rings. The summed E-state index contributed by atoms with van der Waals surface area (Å²) in [5.74, 6) is -2.90. The van der Waals surface area contributed by atoms with Gasteiger partial charge in [0.15, 0.2) is 0 Å². The summed E-state index contributed by atoms with van der Waals surface area (Å²) in [5, 5.41) is 25.6. The SMILES string of the molecule is CCCCCCCCCC(=O)O.Cc1ccc(C(=O)O)cc1C(=O)O. The Morgan fingerprint density at radius 2 is 1.40 bits per heavy atom. The Kier molecular flexibility index (Phi) is 11.8. The van der Waals surface area contributed by atoms with E-state index < -0.39 is 17.9 Å². The predicted octanol–water partition coefficient (Wildman–Crippen LogP) is 4.60. The molecule has 0 spiro atoms. The Morgan fingerprint density at radius 1 is 0.840 bits per heavy atom. The first-order chi connectivity index (χ1) is 11.8. The van der Waals surface area contributed by atoms with E-state index in [0.29, 0.717) is 12.0 Å². The van der Waals surface area contributed by atoms with E-state index >= 15 is 0 Å². The Balaban J connectivity index is 0.000000463. The zero-order chi connectivity index (χ0) is 19.2. The molecule has 0 saturated heterocycles. The van der Waals surface area contributed by atoms with Gasteiger partial charge in [-0.3, -0.25) is 4.79 Å². The first-order valence-electron chi connectivity index (χ1n) is 8.58. The Hall–Kier alpha value is -2.37. The van der Waals surface area contributed by atoms with Gasteiger partial charge in [-0.2, -0.15) is 0 Å². The minimum Gasteiger partial charge on any atom is -0.481 e. The number of hydrogen-bond donors (Lipinski definition) is 3. The van der Waals surface area contributed by atoms with Crippen LogP contribution in [-0.2, 0) is 4.79 Å². The largest absolute Gasteiger partial charge is 0.481 e. The van der Waals surface area contributed by atoms with Gasteiger partial charge in [0.25, 0.3) is 0 Å². The van der Waals surface area contributed by atoms with Crippen LogP contribution >= 0.6 is 0 Å². The molecule has 140 valence electrons. The molecule has 0 unspecified atom stereocenters. The number of hydrogen-bond acceptors (Lipinski definition) is 3. The molecule has 0 aliphatic carbocycles. The van der Waals surface area contributed by atoms with Crippen LogP contribution in [0.1, 0.15) is 84.6 Å². The molecule has 25 heavy (non-hydrogen) atoms. The molecule has 6 nitrogen and oxygen atoms in total. The summed E-state index contributed by atoms with van der Waals surface area (Å²) in [6.07, 6.45) is 8.64. The van der Waals surface area contributed by atoms with Crippen molar-refractivity contribution in [2.45, 2.75) is 65.2 Å². The fraction of sp³-hybridized carbons (Fsp3) is 0.526. The first kappa shape index (κ1) is 22.6. The number of aliphatic carboxylic acids is 1. The highest BCUT2D eigenvalue weighted by Crippen LogP contribution is 2.11. The lowest BCUT2D eigenvalue weighted by Gasteiger charge is -2.01. The second kappa shape index (κ2) is 13.0. The maximum Gasteiger partial charge on any atom is 0.335 e. The minimum absolute atomic E-state index is 0.0111. The third-order valence-corrected chi connectivity index (χ3v) is 3.71. The van der Waals surface area contributed by atoms with Gasteiger partial charge >= 0.3 is 17.9 Å². The summed E-state index contributed by atoms with van der Waals surface area (Å²) in [4.78, 5) is 31.2. The Morgan fingerprint density at radius 3 is 1.88 bits per heavy atom. The van der Waals surface area contributed by atoms with Crippen LogP contribution in [0.25, 0.3) is 0 Å². The summed E-state index contributed by atoms with van der Waals surface area (Å²) in [6.45, 7) is 3.82. The molecule has 3 N–H and O–H groups in total. The fourth-order valence-electron chi connectivity index (χ4n) is 2.22. The molecule has 6 heteroatoms. The predicted molar refractivity (Wildman–Crippen MR) is 95.3 cm³/mol. The van der Waals surface area contributed by atoms with Gasteiger partial charge in [-0.05, 0) is 31.0 Å². The van der Waals surface area contributed by atoms with Crippen LogP contribution in [0.5, 0.6) is 0 Å². The summed E-state index contributed by atoms with van der Waals surface area (Å²) in [6, 6.07) is 4.01. The van der Waals surface area contributed by atoms with Crippen molar-refractivity contribution >= 4 is 17.9 Å². The number of carboxylic acids is 3. The van der Waals surface area contributed by atoms with Crippen LogP contribution in [0.15, 0.2) is 18.2 Å². The number of rotatable bonds is 10. The van der Waals surface area contributed by atoms with Crippen LogP contribution in [-0.4, -0.2) is 33.2 Å². The van der Waals surface area contributed by atoms with Crippen molar-refractivity contribution in [1.29, 1.82) is 0 Å². The molecule has 1 aromatic carbocycles. The maximum atomic E-state index is 10.6. The summed E-state index contributed by atoms with van der Waals surface area (Å²) in [5.41, 5.74) is 0.570. The van der Waals surface area contributed by atoms with Gasteiger partial charge in [0.05, 0.1) is 11.1 Å². The van der Waals surface area contributed by atoms with E-state index in [-0.39, 0.29) is 11.1 Å². The standard InChI is InChI=1S/C10H20O2.C9H8O4/c1-2-3-4-5-6-7-8-9-10(11)12;1-5-2-3-6(8(10)11)4-7(5)9(12)13/h2-9H2,1H3,(H,11,12);2-4H,1H3,(H,10,11)(H,12,13). The number of carboxylic acid groups (broad SMARTS) is 3. The number of aryl methyl sites for hydroxylation is 1. The molecule has 0 atom stereocenters. The second-order valence-electron chi connectivity index (χ2n) is 5.91. The lowest BCUT2D eigenvalue weighted by Crippen LogP contribution is -2.03. The van der Waals surface area contributed by atoms with Gasteiger partial charge in [-0.15, -0.1) is 0 Å². The van der Waals surface area contributed by atoms with E-state index in [1.54, 1.807) is 6.92 Å². The highest BCUT2D eigenvalue weighted by atomic mass is 16.4. The van der Waals surface area contributed by atoms with Crippen molar-refractivity contribution in [3.63, 3.8) is 0 Å². The number of unbranched alkanes of at least 4 members (excludes halogenated alkanes) is 6. The van der Waals surface area contributed by atoms with Crippen LogP contribution in [0.2, 0.25) is 0 Å². The molecule has 0 radical (unpaired) electrons. The lowest BCUT2D eigenvalue weighted by molar-refractivity contribution is -0.137. The van der Waals surface area contributed by atoms with E-state index in [4.69, 9.17) is 15.3 Å². The molecule has 0 amide bonds. The van der Waals surface area contributed by atoms with Gasteiger partial charge in [0.1, 0.15) is 0 Å². The summed E-state index contributed by atoms with van der Waals surface area (Å²) < 4.78 is 0. The topological polar surface area (TPSA) is 112 Å². The Labute approximate surface area is 148 Å². The van der Waals surface area contributed by atoms with Crippen molar-refractivity contribution < 1.29 is 29.7 Å². The molecular weight excluding hydrogens is 324 g/mol. The maximum absolute atomic E-state index is 10.6. The fourth-order valence-corrected chi connectivity index (χ4v) is 2.22. The molecule has 0 aromatic heterocycles. The molecular formula is C19H28O6. The summed E-state index contributed by atoms with van der Waals surface area (Å²) in [7, 11) is 0. The van der Waals surface area contributed by atoms with Crippen molar-refractivity contribution in [2.75, 3.05) is 0 Å². The average Bonchev–Trinajstić information content (AvgIpc) is 2.54. The third kappa shape index (κ3) is 10.9.